The van der Waals surface area contributed by atoms with Gasteiger partial charge in [-0.1, -0.05) is 13.0 Å². The maximum atomic E-state index is 12.1. The molecule has 4 heteroatoms. The lowest BCUT2D eigenvalue weighted by molar-refractivity contribution is 0.0951. The minimum atomic E-state index is -0.0170. The van der Waals surface area contributed by atoms with Crippen molar-refractivity contribution in [1.82, 2.24) is 10.2 Å². The van der Waals surface area contributed by atoms with Gasteiger partial charge in [-0.15, -0.1) is 0 Å². The Hall–Kier alpha value is -1.55. The number of nitrogens with zero attached hydrogens (tertiary/aromatic N) is 1. The summed E-state index contributed by atoms with van der Waals surface area (Å²) in [6.45, 7) is 8.63. The van der Waals surface area contributed by atoms with Gasteiger partial charge in [0.05, 0.1) is 0 Å². The Morgan fingerprint density at radius 2 is 2.05 bits per heavy atom. The summed E-state index contributed by atoms with van der Waals surface area (Å²) >= 11 is 0. The smallest absolute Gasteiger partial charge is 0.251 e. The van der Waals surface area contributed by atoms with Gasteiger partial charge in [-0.2, -0.15) is 0 Å². The lowest BCUT2D eigenvalue weighted by atomic mass is 9.99. The molecule has 0 atom stereocenters. The van der Waals surface area contributed by atoms with Crippen LogP contribution < -0.4 is 11.1 Å². The number of nitrogen functional groups attached to an aromatic ring is 1. The Kier molecular flexibility index (Phi) is 6.25. The average molecular weight is 303 g/mol. The Labute approximate surface area is 134 Å². The zero-order valence-corrected chi connectivity index (χ0v) is 13.9. The number of likely N-dealkylation sites (tertiary alicyclic amines) is 1. The number of piperidine rings is 1. The molecular formula is C18H29N3O. The molecule has 3 N–H and O–H groups in total. The molecule has 1 aliphatic heterocycles. The van der Waals surface area contributed by atoms with Gasteiger partial charge in [0.1, 0.15) is 0 Å². The monoisotopic (exact) mass is 303 g/mol. The van der Waals surface area contributed by atoms with E-state index in [-0.39, 0.29) is 5.91 Å². The number of nitrogens with two attached hydrogens (primary N) is 1. The molecular weight excluding hydrogens is 274 g/mol. The van der Waals surface area contributed by atoms with Crippen LogP contribution in [0.5, 0.6) is 0 Å². The molecule has 4 nitrogen and oxygen atoms in total. The number of aryl methyl sites for hydroxylation is 1. The van der Waals surface area contributed by atoms with Crippen LogP contribution in [0.4, 0.5) is 5.69 Å². The largest absolute Gasteiger partial charge is 0.399 e. The van der Waals surface area contributed by atoms with Crippen molar-refractivity contribution in [2.75, 3.05) is 31.9 Å². The molecule has 2 rings (SSSR count). The maximum absolute atomic E-state index is 12.1. The average Bonchev–Trinajstić information content (AvgIpc) is 2.51. The van der Waals surface area contributed by atoms with Gasteiger partial charge in [-0.05, 0) is 75.9 Å². The topological polar surface area (TPSA) is 58.4 Å². The van der Waals surface area contributed by atoms with E-state index in [1.165, 1.54) is 25.9 Å². The fraction of sp³-hybridized carbons (Fsp3) is 0.611. The third-order valence-electron chi connectivity index (χ3n) is 4.57. The first-order valence-electron chi connectivity index (χ1n) is 8.43. The quantitative estimate of drug-likeness (QED) is 0.627. The lowest BCUT2D eigenvalue weighted by Gasteiger charge is -2.30. The van der Waals surface area contributed by atoms with E-state index in [0.29, 0.717) is 11.3 Å². The molecule has 1 heterocycles. The second-order valence-electron chi connectivity index (χ2n) is 6.56. The summed E-state index contributed by atoms with van der Waals surface area (Å²) in [6.07, 6.45) is 4.82. The van der Waals surface area contributed by atoms with Crippen molar-refractivity contribution in [3.8, 4) is 0 Å². The molecule has 1 saturated heterocycles. The van der Waals surface area contributed by atoms with E-state index in [2.05, 4.69) is 17.1 Å². The minimum Gasteiger partial charge on any atom is -0.399 e. The molecule has 1 amide bonds. The number of amides is 1. The molecule has 0 aliphatic carbocycles. The zero-order valence-electron chi connectivity index (χ0n) is 13.9. The number of anilines is 1. The predicted molar refractivity (Wildman–Crippen MR) is 92.0 cm³/mol. The maximum Gasteiger partial charge on any atom is 0.251 e. The molecule has 0 saturated carbocycles. The molecule has 1 fully saturated rings. The van der Waals surface area contributed by atoms with Crippen LogP contribution in [0, 0.1) is 12.8 Å². The standard InChI is InChI=1S/C18H29N3O/c1-14-7-11-21(12-8-14)10-4-3-9-20-18(22)17-13-16(19)6-5-15(17)2/h5-6,13-14H,3-4,7-12,19H2,1-2H3,(H,20,22). The third-order valence-corrected chi connectivity index (χ3v) is 4.57. The molecule has 1 aromatic carbocycles. The molecule has 1 aromatic rings. The first-order valence-corrected chi connectivity index (χ1v) is 8.43. The third kappa shape index (κ3) is 5.02. The molecule has 0 bridgehead atoms. The van der Waals surface area contributed by atoms with Crippen molar-refractivity contribution in [1.29, 1.82) is 0 Å². The highest BCUT2D eigenvalue weighted by atomic mass is 16.1. The first kappa shape index (κ1) is 16.8. The highest BCUT2D eigenvalue weighted by Gasteiger charge is 2.14. The van der Waals surface area contributed by atoms with Gasteiger partial charge < -0.3 is 16.0 Å². The lowest BCUT2D eigenvalue weighted by Crippen LogP contribution is -2.34. The summed E-state index contributed by atoms with van der Waals surface area (Å²) in [7, 11) is 0. The van der Waals surface area contributed by atoms with Crippen LogP contribution in [-0.4, -0.2) is 37.0 Å². The van der Waals surface area contributed by atoms with Crippen molar-refractivity contribution < 1.29 is 4.79 Å². The second kappa shape index (κ2) is 8.18. The van der Waals surface area contributed by atoms with Gasteiger partial charge in [0, 0.05) is 17.8 Å². The Balaban J connectivity index is 1.64. The van der Waals surface area contributed by atoms with Crippen LogP contribution in [0.15, 0.2) is 18.2 Å². The van der Waals surface area contributed by atoms with Crippen molar-refractivity contribution in [2.45, 2.75) is 39.5 Å². The number of carbonyl (C=O) groups is 1. The van der Waals surface area contributed by atoms with Gasteiger partial charge in [0.2, 0.25) is 0 Å². The first-order chi connectivity index (χ1) is 10.6. The van der Waals surface area contributed by atoms with Gasteiger partial charge in [0.15, 0.2) is 0 Å². The summed E-state index contributed by atoms with van der Waals surface area (Å²) in [5.74, 6) is 0.869. The van der Waals surface area contributed by atoms with E-state index in [0.717, 1.165) is 37.4 Å². The van der Waals surface area contributed by atoms with E-state index in [9.17, 15) is 4.79 Å². The summed E-state index contributed by atoms with van der Waals surface area (Å²) in [5, 5.41) is 3.00. The number of unbranched alkanes of at least 4 members (excludes halogenated alkanes) is 1. The number of hydrogen-bond acceptors (Lipinski definition) is 3. The molecule has 122 valence electrons. The molecule has 22 heavy (non-hydrogen) atoms. The van der Waals surface area contributed by atoms with Crippen LogP contribution in [0.3, 0.4) is 0 Å². The Morgan fingerprint density at radius 1 is 1.32 bits per heavy atom. The molecule has 0 radical (unpaired) electrons. The predicted octanol–water partition coefficient (Wildman–Crippen LogP) is 2.82. The highest BCUT2D eigenvalue weighted by Crippen LogP contribution is 2.16. The van der Waals surface area contributed by atoms with Crippen LogP contribution in [0.25, 0.3) is 0 Å². The SMILES string of the molecule is Cc1ccc(N)cc1C(=O)NCCCCN1CCC(C)CC1. The van der Waals surface area contributed by atoms with Crippen LogP contribution in [0.2, 0.25) is 0 Å². The normalized spacial score (nSPS) is 16.6. The Bertz CT molecular complexity index is 493. The number of hydrogen-bond donors (Lipinski definition) is 2. The zero-order chi connectivity index (χ0) is 15.9. The van der Waals surface area contributed by atoms with Gasteiger partial charge in [-0.25, -0.2) is 0 Å². The van der Waals surface area contributed by atoms with Crippen molar-refractivity contribution in [2.24, 2.45) is 5.92 Å². The molecule has 0 aromatic heterocycles. The van der Waals surface area contributed by atoms with Crippen molar-refractivity contribution in [3.05, 3.63) is 29.3 Å². The van der Waals surface area contributed by atoms with Crippen LogP contribution in [0.1, 0.15) is 48.5 Å². The van der Waals surface area contributed by atoms with Crippen molar-refractivity contribution in [3.63, 3.8) is 0 Å². The van der Waals surface area contributed by atoms with Crippen LogP contribution >= 0.6 is 0 Å². The van der Waals surface area contributed by atoms with Crippen molar-refractivity contribution >= 4 is 11.6 Å². The summed E-state index contributed by atoms with van der Waals surface area (Å²) in [6, 6.07) is 5.47. The van der Waals surface area contributed by atoms with Gasteiger partial charge in [-0.3, -0.25) is 4.79 Å². The minimum absolute atomic E-state index is 0.0170. The fourth-order valence-corrected chi connectivity index (χ4v) is 2.93. The molecule has 0 unspecified atom stereocenters. The number of rotatable bonds is 6. The van der Waals surface area contributed by atoms with E-state index in [1.54, 1.807) is 6.07 Å². The Morgan fingerprint density at radius 3 is 2.77 bits per heavy atom. The number of carbonyl (C=O) groups excluding carboxylic acids is 1. The molecule has 0 spiro atoms. The second-order valence-corrected chi connectivity index (χ2v) is 6.56. The summed E-state index contributed by atoms with van der Waals surface area (Å²) < 4.78 is 0. The fourth-order valence-electron chi connectivity index (χ4n) is 2.93. The number of benzene rings is 1. The number of nitrogens with one attached hydrogen (secondary N) is 1. The summed E-state index contributed by atoms with van der Waals surface area (Å²) in [4.78, 5) is 14.7. The van der Waals surface area contributed by atoms with Crippen LogP contribution in [-0.2, 0) is 0 Å². The van der Waals surface area contributed by atoms with E-state index in [4.69, 9.17) is 5.73 Å². The summed E-state index contributed by atoms with van der Waals surface area (Å²) in [5.41, 5.74) is 8.03. The van der Waals surface area contributed by atoms with E-state index < -0.39 is 0 Å². The van der Waals surface area contributed by atoms with Gasteiger partial charge >= 0.3 is 0 Å². The van der Waals surface area contributed by atoms with E-state index in [1.807, 2.05) is 19.1 Å². The molecule has 1 aliphatic rings. The highest BCUT2D eigenvalue weighted by molar-refractivity contribution is 5.96. The van der Waals surface area contributed by atoms with Gasteiger partial charge in [0.25, 0.3) is 5.91 Å². The van der Waals surface area contributed by atoms with E-state index >= 15 is 0 Å².